The summed E-state index contributed by atoms with van der Waals surface area (Å²) in [6, 6.07) is 0. The van der Waals surface area contributed by atoms with Gasteiger partial charge in [-0.25, -0.2) is 0 Å². The highest BCUT2D eigenvalue weighted by molar-refractivity contribution is 4.72. The SMILES string of the molecule is CCCC(C(C)CN)C1OCCO1. The van der Waals surface area contributed by atoms with Crippen LogP contribution in [0.15, 0.2) is 0 Å². The Morgan fingerprint density at radius 2 is 2.00 bits per heavy atom. The standard InChI is InChI=1S/C10H21NO2/c1-3-4-9(8(2)7-11)10-12-5-6-13-10/h8-10H,3-7,11H2,1-2H3. The van der Waals surface area contributed by atoms with Gasteiger partial charge in [0, 0.05) is 5.92 Å². The average molecular weight is 187 g/mol. The van der Waals surface area contributed by atoms with Gasteiger partial charge in [0.1, 0.15) is 0 Å². The Kier molecular flexibility index (Phi) is 4.70. The second-order valence-electron chi connectivity index (χ2n) is 3.78. The van der Waals surface area contributed by atoms with Crippen LogP contribution in [0.1, 0.15) is 26.7 Å². The van der Waals surface area contributed by atoms with E-state index in [0.29, 0.717) is 18.4 Å². The molecule has 2 atom stereocenters. The summed E-state index contributed by atoms with van der Waals surface area (Å²) in [7, 11) is 0. The lowest BCUT2D eigenvalue weighted by Gasteiger charge is -2.26. The molecule has 3 nitrogen and oxygen atoms in total. The highest BCUT2D eigenvalue weighted by Gasteiger charge is 2.29. The van der Waals surface area contributed by atoms with Crippen LogP contribution in [0.2, 0.25) is 0 Å². The van der Waals surface area contributed by atoms with Gasteiger partial charge in [0.2, 0.25) is 0 Å². The van der Waals surface area contributed by atoms with Crippen LogP contribution in [0.5, 0.6) is 0 Å². The molecule has 0 spiro atoms. The van der Waals surface area contributed by atoms with Gasteiger partial charge in [0.05, 0.1) is 13.2 Å². The van der Waals surface area contributed by atoms with E-state index in [-0.39, 0.29) is 6.29 Å². The van der Waals surface area contributed by atoms with Crippen molar-refractivity contribution < 1.29 is 9.47 Å². The van der Waals surface area contributed by atoms with E-state index < -0.39 is 0 Å². The molecule has 0 bridgehead atoms. The van der Waals surface area contributed by atoms with Crippen LogP contribution < -0.4 is 5.73 Å². The Morgan fingerprint density at radius 1 is 1.38 bits per heavy atom. The summed E-state index contributed by atoms with van der Waals surface area (Å²) in [5, 5.41) is 0. The maximum absolute atomic E-state index is 5.66. The van der Waals surface area contributed by atoms with Crippen molar-refractivity contribution in [3.63, 3.8) is 0 Å². The van der Waals surface area contributed by atoms with Gasteiger partial charge in [-0.15, -0.1) is 0 Å². The third-order valence-corrected chi connectivity index (χ3v) is 2.72. The Labute approximate surface area is 80.6 Å². The number of nitrogens with two attached hydrogens (primary N) is 1. The minimum Gasteiger partial charge on any atom is -0.350 e. The molecule has 1 saturated heterocycles. The van der Waals surface area contributed by atoms with Gasteiger partial charge < -0.3 is 15.2 Å². The monoisotopic (exact) mass is 187 g/mol. The maximum atomic E-state index is 5.66. The maximum Gasteiger partial charge on any atom is 0.160 e. The first-order valence-corrected chi connectivity index (χ1v) is 5.22. The van der Waals surface area contributed by atoms with Crippen molar-refractivity contribution in [2.75, 3.05) is 19.8 Å². The van der Waals surface area contributed by atoms with Crippen molar-refractivity contribution in [3.8, 4) is 0 Å². The molecule has 0 aromatic heterocycles. The lowest BCUT2D eigenvalue weighted by atomic mass is 9.89. The summed E-state index contributed by atoms with van der Waals surface area (Å²) in [4.78, 5) is 0. The predicted molar refractivity (Wildman–Crippen MR) is 52.3 cm³/mol. The zero-order valence-corrected chi connectivity index (χ0v) is 8.66. The number of rotatable bonds is 5. The first-order chi connectivity index (χ1) is 6.29. The van der Waals surface area contributed by atoms with E-state index in [9.17, 15) is 0 Å². The number of hydrogen-bond acceptors (Lipinski definition) is 3. The predicted octanol–water partition coefficient (Wildman–Crippen LogP) is 1.37. The summed E-state index contributed by atoms with van der Waals surface area (Å²) >= 11 is 0. The second-order valence-corrected chi connectivity index (χ2v) is 3.78. The fraction of sp³-hybridized carbons (Fsp3) is 1.00. The molecular formula is C10H21NO2. The van der Waals surface area contributed by atoms with Crippen LogP contribution >= 0.6 is 0 Å². The second kappa shape index (κ2) is 5.58. The molecule has 13 heavy (non-hydrogen) atoms. The molecule has 0 amide bonds. The largest absolute Gasteiger partial charge is 0.350 e. The van der Waals surface area contributed by atoms with Gasteiger partial charge in [0.25, 0.3) is 0 Å². The van der Waals surface area contributed by atoms with Gasteiger partial charge in [0.15, 0.2) is 6.29 Å². The third-order valence-electron chi connectivity index (χ3n) is 2.72. The van der Waals surface area contributed by atoms with E-state index in [4.69, 9.17) is 15.2 Å². The van der Waals surface area contributed by atoms with Crippen molar-refractivity contribution in [1.82, 2.24) is 0 Å². The first-order valence-electron chi connectivity index (χ1n) is 5.22. The smallest absolute Gasteiger partial charge is 0.160 e. The molecule has 0 aliphatic carbocycles. The van der Waals surface area contributed by atoms with Crippen molar-refractivity contribution >= 4 is 0 Å². The molecule has 1 rings (SSSR count). The highest BCUT2D eigenvalue weighted by Crippen LogP contribution is 2.26. The van der Waals surface area contributed by atoms with Gasteiger partial charge in [-0.2, -0.15) is 0 Å². The van der Waals surface area contributed by atoms with Crippen molar-refractivity contribution in [1.29, 1.82) is 0 Å². The third kappa shape index (κ3) is 2.93. The van der Waals surface area contributed by atoms with Crippen LogP contribution in [-0.2, 0) is 9.47 Å². The summed E-state index contributed by atoms with van der Waals surface area (Å²) in [5.41, 5.74) is 5.66. The summed E-state index contributed by atoms with van der Waals surface area (Å²) in [5.74, 6) is 0.959. The zero-order valence-electron chi connectivity index (χ0n) is 8.66. The van der Waals surface area contributed by atoms with Crippen LogP contribution in [0.4, 0.5) is 0 Å². The lowest BCUT2D eigenvalue weighted by molar-refractivity contribution is -0.0989. The van der Waals surface area contributed by atoms with E-state index >= 15 is 0 Å². The quantitative estimate of drug-likeness (QED) is 0.707. The topological polar surface area (TPSA) is 44.5 Å². The van der Waals surface area contributed by atoms with Crippen LogP contribution in [0, 0.1) is 11.8 Å². The summed E-state index contributed by atoms with van der Waals surface area (Å²) < 4.78 is 11.0. The molecule has 1 heterocycles. The van der Waals surface area contributed by atoms with E-state index in [1.807, 2.05) is 0 Å². The summed E-state index contributed by atoms with van der Waals surface area (Å²) in [6.07, 6.45) is 2.31. The number of ether oxygens (including phenoxy) is 2. The summed E-state index contributed by atoms with van der Waals surface area (Å²) in [6.45, 7) is 6.55. The van der Waals surface area contributed by atoms with E-state index in [2.05, 4.69) is 13.8 Å². The van der Waals surface area contributed by atoms with E-state index in [0.717, 1.165) is 26.1 Å². The normalized spacial score (nSPS) is 23.3. The average Bonchev–Trinajstić information content (AvgIpc) is 2.65. The number of hydrogen-bond donors (Lipinski definition) is 1. The fourth-order valence-electron chi connectivity index (χ4n) is 1.82. The first kappa shape index (κ1) is 11.0. The molecule has 0 aromatic carbocycles. The molecule has 0 saturated carbocycles. The molecule has 0 radical (unpaired) electrons. The minimum atomic E-state index is -0.00139. The van der Waals surface area contributed by atoms with Crippen LogP contribution in [0.25, 0.3) is 0 Å². The Morgan fingerprint density at radius 3 is 2.46 bits per heavy atom. The van der Waals surface area contributed by atoms with Gasteiger partial charge >= 0.3 is 0 Å². The molecule has 78 valence electrons. The van der Waals surface area contributed by atoms with Gasteiger partial charge in [-0.05, 0) is 18.9 Å². The van der Waals surface area contributed by atoms with Crippen LogP contribution in [-0.4, -0.2) is 26.0 Å². The fourth-order valence-corrected chi connectivity index (χ4v) is 1.82. The minimum absolute atomic E-state index is 0.00139. The Bertz CT molecular complexity index is 135. The molecule has 2 N–H and O–H groups in total. The lowest BCUT2D eigenvalue weighted by Crippen LogP contribution is -2.31. The molecule has 1 aliphatic heterocycles. The van der Waals surface area contributed by atoms with Crippen molar-refractivity contribution in [2.24, 2.45) is 17.6 Å². The van der Waals surface area contributed by atoms with Crippen molar-refractivity contribution in [3.05, 3.63) is 0 Å². The molecule has 0 aromatic rings. The molecule has 1 aliphatic rings. The molecule has 1 fully saturated rings. The molecular weight excluding hydrogens is 166 g/mol. The van der Waals surface area contributed by atoms with Crippen molar-refractivity contribution in [2.45, 2.75) is 33.0 Å². The van der Waals surface area contributed by atoms with E-state index in [1.54, 1.807) is 0 Å². The van der Waals surface area contributed by atoms with Gasteiger partial charge in [-0.3, -0.25) is 0 Å². The zero-order chi connectivity index (χ0) is 9.68. The van der Waals surface area contributed by atoms with Gasteiger partial charge in [-0.1, -0.05) is 20.3 Å². The van der Waals surface area contributed by atoms with E-state index in [1.165, 1.54) is 0 Å². The Hall–Kier alpha value is -0.120. The highest BCUT2D eigenvalue weighted by atomic mass is 16.7. The molecule has 2 unspecified atom stereocenters. The van der Waals surface area contributed by atoms with Crippen LogP contribution in [0.3, 0.4) is 0 Å². The Balaban J connectivity index is 2.44. The molecule has 3 heteroatoms.